The van der Waals surface area contributed by atoms with E-state index >= 15 is 0 Å². The fourth-order valence-corrected chi connectivity index (χ4v) is 1.77. The van der Waals surface area contributed by atoms with Crippen molar-refractivity contribution in [3.05, 3.63) is 0 Å². The Kier molecular flexibility index (Phi) is 3.76. The van der Waals surface area contributed by atoms with E-state index in [0.717, 1.165) is 0 Å². The normalized spacial score (nSPS) is 27.0. The highest BCUT2D eigenvalue weighted by Gasteiger charge is 2.56. The van der Waals surface area contributed by atoms with Crippen LogP contribution in [-0.4, -0.2) is 24.9 Å². The average molecular weight is 249 g/mol. The van der Waals surface area contributed by atoms with Gasteiger partial charge >= 0.3 is 12.4 Å². The summed E-state index contributed by atoms with van der Waals surface area (Å²) >= 11 is 0. The molecule has 0 aliphatic carbocycles. The van der Waals surface area contributed by atoms with Crippen LogP contribution in [-0.2, 0) is 0 Å². The van der Waals surface area contributed by atoms with Crippen molar-refractivity contribution in [3.63, 3.8) is 0 Å². The molecule has 1 nitrogen and oxygen atoms in total. The molecule has 16 heavy (non-hydrogen) atoms. The number of hydrogen-bond acceptors (Lipinski definition) is 1. The number of rotatable bonds is 3. The first-order chi connectivity index (χ1) is 7.12. The number of hydrogen-bond donors (Lipinski definition) is 1. The van der Waals surface area contributed by atoms with Gasteiger partial charge in [0.25, 0.3) is 0 Å². The second kappa shape index (κ2) is 4.43. The molecule has 1 N–H and O–H groups in total. The average Bonchev–Trinajstić information content (AvgIpc) is 2.05. The summed E-state index contributed by atoms with van der Waals surface area (Å²) in [6.45, 7) is 2.26. The summed E-state index contributed by atoms with van der Waals surface area (Å²) in [6.07, 6.45) is -11.3. The number of halogens is 6. The Bertz CT molecular complexity index is 219. The van der Waals surface area contributed by atoms with Crippen LogP contribution in [0.25, 0.3) is 0 Å². The van der Waals surface area contributed by atoms with Gasteiger partial charge in [-0.1, -0.05) is 0 Å². The molecule has 2 unspecified atom stereocenters. The van der Waals surface area contributed by atoms with Crippen molar-refractivity contribution in [2.24, 2.45) is 11.8 Å². The molecule has 1 aliphatic rings. The van der Waals surface area contributed by atoms with E-state index in [4.69, 9.17) is 0 Å². The fraction of sp³-hybridized carbons (Fsp3) is 1.00. The minimum Gasteiger partial charge on any atom is -0.314 e. The summed E-state index contributed by atoms with van der Waals surface area (Å²) in [6, 6.07) is 0.0158. The lowest BCUT2D eigenvalue weighted by molar-refractivity contribution is -0.286. The minimum atomic E-state index is -5.20. The first-order valence-corrected chi connectivity index (χ1v) is 4.99. The Morgan fingerprint density at radius 2 is 1.62 bits per heavy atom. The van der Waals surface area contributed by atoms with Crippen LogP contribution < -0.4 is 5.32 Å². The molecule has 1 rings (SSSR count). The third-order valence-corrected chi connectivity index (χ3v) is 3.03. The monoisotopic (exact) mass is 249 g/mol. The van der Waals surface area contributed by atoms with Crippen molar-refractivity contribution in [2.45, 2.75) is 38.2 Å². The van der Waals surface area contributed by atoms with Gasteiger partial charge in [-0.2, -0.15) is 26.3 Å². The predicted octanol–water partition coefficient (Wildman–Crippen LogP) is 3.12. The molecule has 0 radical (unpaired) electrons. The molecule has 0 aromatic rings. The topological polar surface area (TPSA) is 12.0 Å². The summed E-state index contributed by atoms with van der Waals surface area (Å²) in [5.41, 5.74) is 0. The minimum absolute atomic E-state index is 0.0158. The zero-order valence-electron chi connectivity index (χ0n) is 8.62. The Labute approximate surface area is 89.2 Å². The molecule has 7 heteroatoms. The van der Waals surface area contributed by atoms with Crippen molar-refractivity contribution in [2.75, 3.05) is 6.54 Å². The highest BCUT2D eigenvalue weighted by atomic mass is 19.4. The standard InChI is InChI=1S/C9H13F6N/c1-5-6(4-16-5)2-3-7(8(10,11)12)9(13,14)15/h5-7,16H,2-4H2,1H3. The first-order valence-electron chi connectivity index (χ1n) is 4.99. The molecule has 0 aromatic carbocycles. The first kappa shape index (κ1) is 13.6. The smallest absolute Gasteiger partial charge is 0.314 e. The van der Waals surface area contributed by atoms with Crippen LogP contribution >= 0.6 is 0 Å². The van der Waals surface area contributed by atoms with Crippen molar-refractivity contribution in [3.8, 4) is 0 Å². The molecule has 1 saturated heterocycles. The van der Waals surface area contributed by atoms with Crippen molar-refractivity contribution >= 4 is 0 Å². The van der Waals surface area contributed by atoms with Gasteiger partial charge in [0.2, 0.25) is 0 Å². The van der Waals surface area contributed by atoms with E-state index < -0.39 is 24.7 Å². The molecule has 0 aromatic heterocycles. The third kappa shape index (κ3) is 3.26. The van der Waals surface area contributed by atoms with E-state index in [0.29, 0.717) is 6.54 Å². The summed E-state index contributed by atoms with van der Waals surface area (Å²) < 4.78 is 72.9. The zero-order chi connectivity index (χ0) is 12.6. The van der Waals surface area contributed by atoms with E-state index in [2.05, 4.69) is 5.32 Å². The van der Waals surface area contributed by atoms with Gasteiger partial charge in [0.1, 0.15) is 0 Å². The molecule has 0 saturated carbocycles. The van der Waals surface area contributed by atoms with Gasteiger partial charge in [-0.05, 0) is 32.2 Å². The van der Waals surface area contributed by atoms with Crippen molar-refractivity contribution < 1.29 is 26.3 Å². The molecule has 0 spiro atoms. The zero-order valence-corrected chi connectivity index (χ0v) is 8.62. The molecule has 1 fully saturated rings. The lowest BCUT2D eigenvalue weighted by Gasteiger charge is -2.36. The fourth-order valence-electron chi connectivity index (χ4n) is 1.77. The predicted molar refractivity (Wildman–Crippen MR) is 45.8 cm³/mol. The van der Waals surface area contributed by atoms with Gasteiger partial charge in [0.15, 0.2) is 5.92 Å². The van der Waals surface area contributed by atoms with Crippen LogP contribution in [0.15, 0.2) is 0 Å². The van der Waals surface area contributed by atoms with Gasteiger partial charge < -0.3 is 5.32 Å². The van der Waals surface area contributed by atoms with Gasteiger partial charge in [0.05, 0.1) is 0 Å². The van der Waals surface area contributed by atoms with Gasteiger partial charge in [-0.15, -0.1) is 0 Å². The Balaban J connectivity index is 2.51. The summed E-state index contributed by atoms with van der Waals surface area (Å²) in [5, 5.41) is 2.90. The van der Waals surface area contributed by atoms with Gasteiger partial charge in [-0.25, -0.2) is 0 Å². The van der Waals surface area contributed by atoms with E-state index in [-0.39, 0.29) is 18.4 Å². The lowest BCUT2D eigenvalue weighted by Crippen LogP contribution is -2.51. The molecular formula is C9H13F6N. The second-order valence-electron chi connectivity index (χ2n) is 4.17. The van der Waals surface area contributed by atoms with E-state index in [1.807, 2.05) is 0 Å². The summed E-state index contributed by atoms with van der Waals surface area (Å²) in [4.78, 5) is 0. The van der Waals surface area contributed by atoms with Crippen LogP contribution in [0.5, 0.6) is 0 Å². The molecule has 2 atom stereocenters. The highest BCUT2D eigenvalue weighted by molar-refractivity contribution is 4.86. The van der Waals surface area contributed by atoms with Crippen LogP contribution in [0.3, 0.4) is 0 Å². The maximum absolute atomic E-state index is 12.1. The van der Waals surface area contributed by atoms with E-state index in [9.17, 15) is 26.3 Å². The largest absolute Gasteiger partial charge is 0.400 e. The van der Waals surface area contributed by atoms with Crippen LogP contribution in [0.4, 0.5) is 26.3 Å². The molecule has 0 amide bonds. The van der Waals surface area contributed by atoms with Crippen molar-refractivity contribution in [1.29, 1.82) is 0 Å². The second-order valence-corrected chi connectivity index (χ2v) is 4.17. The maximum Gasteiger partial charge on any atom is 0.400 e. The Morgan fingerprint density at radius 1 is 1.12 bits per heavy atom. The van der Waals surface area contributed by atoms with Crippen LogP contribution in [0, 0.1) is 11.8 Å². The number of nitrogens with one attached hydrogen (secondary N) is 1. The van der Waals surface area contributed by atoms with Gasteiger partial charge in [0, 0.05) is 6.04 Å². The molecule has 0 bridgehead atoms. The SMILES string of the molecule is CC1NCC1CCC(C(F)(F)F)C(F)(F)F. The molecule has 1 aliphatic heterocycles. The summed E-state index contributed by atoms with van der Waals surface area (Å²) in [5.74, 6) is -3.26. The number of alkyl halides is 6. The van der Waals surface area contributed by atoms with E-state index in [1.54, 1.807) is 6.92 Å². The third-order valence-electron chi connectivity index (χ3n) is 3.03. The highest BCUT2D eigenvalue weighted by Crippen LogP contribution is 2.42. The lowest BCUT2D eigenvalue weighted by atomic mass is 9.85. The molecule has 96 valence electrons. The molecular weight excluding hydrogens is 236 g/mol. The maximum atomic E-state index is 12.1. The van der Waals surface area contributed by atoms with E-state index in [1.165, 1.54) is 0 Å². The quantitative estimate of drug-likeness (QED) is 0.758. The Morgan fingerprint density at radius 3 is 1.88 bits per heavy atom. The van der Waals surface area contributed by atoms with Crippen LogP contribution in [0.1, 0.15) is 19.8 Å². The van der Waals surface area contributed by atoms with Gasteiger partial charge in [-0.3, -0.25) is 0 Å². The van der Waals surface area contributed by atoms with Crippen LogP contribution in [0.2, 0.25) is 0 Å². The molecule has 1 heterocycles. The summed E-state index contributed by atoms with van der Waals surface area (Å²) in [7, 11) is 0. The Hall–Kier alpha value is -0.460. The van der Waals surface area contributed by atoms with Crippen molar-refractivity contribution in [1.82, 2.24) is 5.32 Å².